The van der Waals surface area contributed by atoms with E-state index in [1.807, 2.05) is 24.3 Å². The summed E-state index contributed by atoms with van der Waals surface area (Å²) in [5, 5.41) is 0. The Morgan fingerprint density at radius 2 is 2.11 bits per heavy atom. The van der Waals surface area contributed by atoms with Crippen LogP contribution in [0.5, 0.6) is 0 Å². The molecule has 0 amide bonds. The maximum absolute atomic E-state index is 6.13. The van der Waals surface area contributed by atoms with Gasteiger partial charge in [-0.3, -0.25) is 0 Å². The normalized spacial score (nSPS) is 12.3. The van der Waals surface area contributed by atoms with E-state index in [0.717, 1.165) is 15.8 Å². The number of hydrogen-bond donors (Lipinski definition) is 2. The Balaban J connectivity index is 2.00. The van der Waals surface area contributed by atoms with Crippen LogP contribution in [0.2, 0.25) is 0 Å². The first-order chi connectivity index (χ1) is 8.66. The van der Waals surface area contributed by atoms with Crippen LogP contribution in [0.25, 0.3) is 0 Å². The van der Waals surface area contributed by atoms with Crippen LogP contribution in [0.1, 0.15) is 11.6 Å². The van der Waals surface area contributed by atoms with Gasteiger partial charge in [0.1, 0.15) is 5.82 Å². The zero-order valence-electron chi connectivity index (χ0n) is 9.71. The molecule has 0 spiro atoms. The van der Waals surface area contributed by atoms with Gasteiger partial charge in [0.05, 0.1) is 0 Å². The van der Waals surface area contributed by atoms with E-state index in [1.54, 1.807) is 18.0 Å². The van der Waals surface area contributed by atoms with Crippen molar-refractivity contribution in [2.75, 3.05) is 11.5 Å². The Morgan fingerprint density at radius 3 is 2.83 bits per heavy atom. The third-order valence-corrected chi connectivity index (χ3v) is 4.10. The average Bonchev–Trinajstić information content (AvgIpc) is 2.37. The van der Waals surface area contributed by atoms with Gasteiger partial charge in [0, 0.05) is 32.9 Å². The summed E-state index contributed by atoms with van der Waals surface area (Å²) in [6.45, 7) is 0. The quantitative estimate of drug-likeness (QED) is 0.848. The molecule has 3 nitrogen and oxygen atoms in total. The van der Waals surface area contributed by atoms with Crippen LogP contribution in [0, 0.1) is 0 Å². The summed E-state index contributed by atoms with van der Waals surface area (Å²) < 4.78 is 1.07. The van der Waals surface area contributed by atoms with Crippen molar-refractivity contribution in [3.63, 3.8) is 0 Å². The van der Waals surface area contributed by atoms with Gasteiger partial charge in [-0.05, 0) is 24.3 Å². The predicted octanol–water partition coefficient (Wildman–Crippen LogP) is 3.22. The molecule has 0 radical (unpaired) electrons. The first-order valence-corrected chi connectivity index (χ1v) is 7.29. The number of aromatic nitrogens is 1. The number of nitrogens with two attached hydrogens (primary N) is 2. The van der Waals surface area contributed by atoms with E-state index in [4.69, 9.17) is 11.5 Å². The number of pyridine rings is 1. The summed E-state index contributed by atoms with van der Waals surface area (Å²) >= 11 is 5.16. The molecule has 18 heavy (non-hydrogen) atoms. The number of halogens is 1. The van der Waals surface area contributed by atoms with Gasteiger partial charge in [0.25, 0.3) is 0 Å². The van der Waals surface area contributed by atoms with Crippen molar-refractivity contribution in [2.24, 2.45) is 5.73 Å². The number of rotatable bonds is 4. The van der Waals surface area contributed by atoms with Gasteiger partial charge in [-0.2, -0.15) is 0 Å². The first kappa shape index (κ1) is 13.4. The summed E-state index contributed by atoms with van der Waals surface area (Å²) in [6, 6.07) is 11.8. The molecule has 2 aromatic rings. The van der Waals surface area contributed by atoms with E-state index in [9.17, 15) is 0 Å². The van der Waals surface area contributed by atoms with E-state index in [2.05, 4.69) is 33.0 Å². The Morgan fingerprint density at radius 1 is 1.28 bits per heavy atom. The van der Waals surface area contributed by atoms with Crippen LogP contribution in [-0.2, 0) is 0 Å². The molecule has 2 rings (SSSR count). The van der Waals surface area contributed by atoms with Crippen LogP contribution in [0.4, 0.5) is 5.82 Å². The third kappa shape index (κ3) is 3.48. The van der Waals surface area contributed by atoms with Gasteiger partial charge in [0.2, 0.25) is 0 Å². The molecule has 1 unspecified atom stereocenters. The van der Waals surface area contributed by atoms with Crippen molar-refractivity contribution in [1.29, 1.82) is 0 Å². The number of nitrogen functional groups attached to an aromatic ring is 1. The second kappa shape index (κ2) is 6.22. The first-order valence-electron chi connectivity index (χ1n) is 5.51. The number of anilines is 1. The highest BCUT2D eigenvalue weighted by Gasteiger charge is 2.10. The lowest BCUT2D eigenvalue weighted by atomic mass is 10.1. The lowest BCUT2D eigenvalue weighted by Gasteiger charge is -2.13. The molecule has 4 N–H and O–H groups in total. The smallest absolute Gasteiger partial charge is 0.128 e. The van der Waals surface area contributed by atoms with E-state index in [-0.39, 0.29) is 6.04 Å². The van der Waals surface area contributed by atoms with Gasteiger partial charge in [0.15, 0.2) is 0 Å². The number of thioether (sulfide) groups is 1. The summed E-state index contributed by atoms with van der Waals surface area (Å²) in [5.41, 5.74) is 12.8. The SMILES string of the molecule is Nc1ncccc1C(N)CSc1cccc(Br)c1. The molecule has 0 bridgehead atoms. The van der Waals surface area contributed by atoms with Crippen molar-refractivity contribution >= 4 is 33.5 Å². The highest BCUT2D eigenvalue weighted by Crippen LogP contribution is 2.26. The van der Waals surface area contributed by atoms with Crippen molar-refractivity contribution in [2.45, 2.75) is 10.9 Å². The lowest BCUT2D eigenvalue weighted by Crippen LogP contribution is -2.15. The molecule has 1 aromatic heterocycles. The van der Waals surface area contributed by atoms with Crippen LogP contribution < -0.4 is 11.5 Å². The molecule has 0 saturated heterocycles. The summed E-state index contributed by atoms with van der Waals surface area (Å²) in [5.74, 6) is 1.28. The molecule has 1 heterocycles. The monoisotopic (exact) mass is 323 g/mol. The highest BCUT2D eigenvalue weighted by atomic mass is 79.9. The fourth-order valence-corrected chi connectivity index (χ4v) is 3.06. The van der Waals surface area contributed by atoms with Gasteiger partial charge >= 0.3 is 0 Å². The van der Waals surface area contributed by atoms with Gasteiger partial charge in [-0.1, -0.05) is 28.1 Å². The zero-order chi connectivity index (χ0) is 13.0. The van der Waals surface area contributed by atoms with Gasteiger partial charge in [-0.25, -0.2) is 4.98 Å². The highest BCUT2D eigenvalue weighted by molar-refractivity contribution is 9.10. The molecule has 0 aliphatic rings. The summed E-state index contributed by atoms with van der Waals surface area (Å²) in [6.07, 6.45) is 1.67. The molecule has 1 aromatic carbocycles. The van der Waals surface area contributed by atoms with Gasteiger partial charge < -0.3 is 11.5 Å². The van der Waals surface area contributed by atoms with Crippen LogP contribution >= 0.6 is 27.7 Å². The largest absolute Gasteiger partial charge is 0.383 e. The summed E-state index contributed by atoms with van der Waals surface area (Å²) in [7, 11) is 0. The average molecular weight is 324 g/mol. The Kier molecular flexibility index (Phi) is 4.63. The lowest BCUT2D eigenvalue weighted by molar-refractivity contribution is 0.828. The zero-order valence-corrected chi connectivity index (χ0v) is 12.1. The van der Waals surface area contributed by atoms with Gasteiger partial charge in [-0.15, -0.1) is 11.8 Å². The molecule has 94 valence electrons. The Hall–Kier alpha value is -1.04. The number of benzene rings is 1. The topological polar surface area (TPSA) is 64.9 Å². The van der Waals surface area contributed by atoms with Crippen LogP contribution in [0.15, 0.2) is 52.0 Å². The maximum atomic E-state index is 6.13. The summed E-state index contributed by atoms with van der Waals surface area (Å²) in [4.78, 5) is 5.23. The standard InChI is InChI=1S/C13H14BrN3S/c14-9-3-1-4-10(7-9)18-8-12(15)11-5-2-6-17-13(11)16/h1-7,12H,8,15H2,(H2,16,17). The Labute approximate surface area is 119 Å². The van der Waals surface area contributed by atoms with E-state index < -0.39 is 0 Å². The second-order valence-electron chi connectivity index (χ2n) is 3.85. The van der Waals surface area contributed by atoms with E-state index in [0.29, 0.717) is 5.82 Å². The fraction of sp³-hybridized carbons (Fsp3) is 0.154. The maximum Gasteiger partial charge on any atom is 0.128 e. The van der Waals surface area contributed by atoms with Crippen LogP contribution in [0.3, 0.4) is 0 Å². The fourth-order valence-electron chi connectivity index (χ4n) is 1.58. The number of nitrogens with zero attached hydrogens (tertiary/aromatic N) is 1. The third-order valence-electron chi connectivity index (χ3n) is 2.50. The van der Waals surface area contributed by atoms with Crippen molar-refractivity contribution in [3.05, 3.63) is 52.6 Å². The van der Waals surface area contributed by atoms with E-state index >= 15 is 0 Å². The molecule has 0 saturated carbocycles. The van der Waals surface area contributed by atoms with Crippen molar-refractivity contribution in [1.82, 2.24) is 4.98 Å². The molecular weight excluding hydrogens is 310 g/mol. The van der Waals surface area contributed by atoms with Crippen molar-refractivity contribution in [3.8, 4) is 0 Å². The second-order valence-corrected chi connectivity index (χ2v) is 5.86. The van der Waals surface area contributed by atoms with Crippen molar-refractivity contribution < 1.29 is 0 Å². The minimum atomic E-state index is -0.109. The molecule has 0 aliphatic carbocycles. The van der Waals surface area contributed by atoms with Crippen LogP contribution in [-0.4, -0.2) is 10.7 Å². The Bertz CT molecular complexity index is 533. The molecule has 0 aliphatic heterocycles. The minimum absolute atomic E-state index is 0.109. The van der Waals surface area contributed by atoms with E-state index in [1.165, 1.54) is 4.90 Å². The number of hydrogen-bond acceptors (Lipinski definition) is 4. The molecule has 1 atom stereocenters. The molecule has 5 heteroatoms. The predicted molar refractivity (Wildman–Crippen MR) is 80.4 cm³/mol. The molecular formula is C13H14BrN3S. The minimum Gasteiger partial charge on any atom is -0.383 e. The molecule has 0 fully saturated rings.